The van der Waals surface area contributed by atoms with Crippen LogP contribution in [-0.4, -0.2) is 23.4 Å². The van der Waals surface area contributed by atoms with Crippen LogP contribution < -0.4 is 0 Å². The van der Waals surface area contributed by atoms with E-state index in [4.69, 9.17) is 10.2 Å². The maximum absolute atomic E-state index is 8.81. The first kappa shape index (κ1) is 18.9. The summed E-state index contributed by atoms with van der Waals surface area (Å²) in [6.07, 6.45) is 16.4. The van der Waals surface area contributed by atoms with Crippen LogP contribution in [-0.2, 0) is 0 Å². The maximum atomic E-state index is 8.81. The number of rotatable bonds is 15. The summed E-state index contributed by atoms with van der Waals surface area (Å²) in [7, 11) is 0. The lowest BCUT2D eigenvalue weighted by molar-refractivity contribution is 0.275. The van der Waals surface area contributed by atoms with E-state index in [2.05, 4.69) is 6.92 Å². The normalized spacial score (nSPS) is 12.8. The molecule has 0 heterocycles. The molecule has 0 amide bonds. The molecule has 2 heteroatoms. The Balaban J connectivity index is 3.63. The summed E-state index contributed by atoms with van der Waals surface area (Å²) in [6.45, 7) is 2.97. The molecule has 0 aromatic rings. The second kappa shape index (κ2) is 16.0. The standard InChI is InChI=1S/C17H36O2/c1-2-3-7-12-17(14-9-6-11-16-19)13-8-4-5-10-15-18/h17-19H,2-16H2,1H3. The Bertz CT molecular complexity index is 159. The zero-order valence-corrected chi connectivity index (χ0v) is 13.1. The van der Waals surface area contributed by atoms with Crippen molar-refractivity contribution in [2.24, 2.45) is 5.92 Å². The Morgan fingerprint density at radius 3 is 1.47 bits per heavy atom. The zero-order valence-electron chi connectivity index (χ0n) is 13.1. The van der Waals surface area contributed by atoms with Gasteiger partial charge in [-0.15, -0.1) is 0 Å². The summed E-state index contributed by atoms with van der Waals surface area (Å²) in [6, 6.07) is 0. The Kier molecular flexibility index (Phi) is 15.9. The van der Waals surface area contributed by atoms with E-state index in [-0.39, 0.29) is 0 Å². The minimum Gasteiger partial charge on any atom is -0.396 e. The fourth-order valence-electron chi connectivity index (χ4n) is 2.74. The van der Waals surface area contributed by atoms with Gasteiger partial charge in [-0.1, -0.05) is 77.6 Å². The van der Waals surface area contributed by atoms with Crippen LogP contribution in [0.15, 0.2) is 0 Å². The van der Waals surface area contributed by atoms with E-state index >= 15 is 0 Å². The van der Waals surface area contributed by atoms with Crippen LogP contribution in [0.25, 0.3) is 0 Å². The third-order valence-corrected chi connectivity index (χ3v) is 4.01. The van der Waals surface area contributed by atoms with Gasteiger partial charge in [0.15, 0.2) is 0 Å². The molecule has 2 nitrogen and oxygen atoms in total. The van der Waals surface area contributed by atoms with Gasteiger partial charge < -0.3 is 10.2 Å². The molecule has 0 aliphatic rings. The third-order valence-electron chi connectivity index (χ3n) is 4.01. The SMILES string of the molecule is CCCCCC(CCCCCO)CCCCCCO. The van der Waals surface area contributed by atoms with Crippen molar-refractivity contribution in [1.29, 1.82) is 0 Å². The van der Waals surface area contributed by atoms with Gasteiger partial charge in [0.25, 0.3) is 0 Å². The van der Waals surface area contributed by atoms with Gasteiger partial charge in [-0.25, -0.2) is 0 Å². The first-order valence-corrected chi connectivity index (χ1v) is 8.56. The summed E-state index contributed by atoms with van der Waals surface area (Å²) < 4.78 is 0. The molecule has 0 saturated carbocycles. The third kappa shape index (κ3) is 14.1. The molecule has 1 atom stereocenters. The van der Waals surface area contributed by atoms with E-state index in [0.29, 0.717) is 13.2 Å². The Labute approximate surface area is 120 Å². The van der Waals surface area contributed by atoms with Crippen molar-refractivity contribution in [3.8, 4) is 0 Å². The van der Waals surface area contributed by atoms with Crippen LogP contribution in [0, 0.1) is 5.92 Å². The lowest BCUT2D eigenvalue weighted by Crippen LogP contribution is -2.02. The quantitative estimate of drug-likeness (QED) is 0.425. The summed E-state index contributed by atoms with van der Waals surface area (Å²) in [5, 5.41) is 17.6. The highest BCUT2D eigenvalue weighted by Crippen LogP contribution is 2.23. The van der Waals surface area contributed by atoms with E-state index in [9.17, 15) is 0 Å². The average Bonchev–Trinajstić information content (AvgIpc) is 2.42. The van der Waals surface area contributed by atoms with Gasteiger partial charge in [0.05, 0.1) is 0 Å². The van der Waals surface area contributed by atoms with Crippen molar-refractivity contribution >= 4 is 0 Å². The van der Waals surface area contributed by atoms with Crippen molar-refractivity contribution in [2.75, 3.05) is 13.2 Å². The fraction of sp³-hybridized carbons (Fsp3) is 1.00. The molecule has 0 fully saturated rings. The molecule has 19 heavy (non-hydrogen) atoms. The molecule has 2 N–H and O–H groups in total. The zero-order chi connectivity index (χ0) is 14.2. The number of aliphatic hydroxyl groups excluding tert-OH is 2. The number of hydrogen-bond acceptors (Lipinski definition) is 2. The molecule has 1 unspecified atom stereocenters. The monoisotopic (exact) mass is 272 g/mol. The molecule has 0 aromatic carbocycles. The molecule has 0 aromatic heterocycles. The van der Waals surface area contributed by atoms with Gasteiger partial charge in [0.2, 0.25) is 0 Å². The molecule has 0 aliphatic heterocycles. The van der Waals surface area contributed by atoms with Crippen LogP contribution in [0.3, 0.4) is 0 Å². The Morgan fingerprint density at radius 1 is 0.579 bits per heavy atom. The fourth-order valence-corrected chi connectivity index (χ4v) is 2.74. The topological polar surface area (TPSA) is 40.5 Å². The highest BCUT2D eigenvalue weighted by atomic mass is 16.3. The smallest absolute Gasteiger partial charge is 0.0431 e. The minimum atomic E-state index is 0.348. The number of aliphatic hydroxyl groups is 2. The minimum absolute atomic E-state index is 0.348. The lowest BCUT2D eigenvalue weighted by Gasteiger charge is -2.16. The highest BCUT2D eigenvalue weighted by molar-refractivity contribution is 4.61. The highest BCUT2D eigenvalue weighted by Gasteiger charge is 2.08. The van der Waals surface area contributed by atoms with E-state index in [1.165, 1.54) is 70.6 Å². The summed E-state index contributed by atoms with van der Waals surface area (Å²) >= 11 is 0. The molecule has 0 bridgehead atoms. The van der Waals surface area contributed by atoms with Crippen LogP contribution in [0.1, 0.15) is 90.4 Å². The van der Waals surface area contributed by atoms with Crippen LogP contribution in [0.5, 0.6) is 0 Å². The van der Waals surface area contributed by atoms with Gasteiger partial charge >= 0.3 is 0 Å². The average molecular weight is 272 g/mol. The second-order valence-corrected chi connectivity index (χ2v) is 5.86. The Hall–Kier alpha value is -0.0800. The van der Waals surface area contributed by atoms with E-state index in [0.717, 1.165) is 18.8 Å². The van der Waals surface area contributed by atoms with E-state index in [1.54, 1.807) is 0 Å². The maximum Gasteiger partial charge on any atom is 0.0431 e. The summed E-state index contributed by atoms with van der Waals surface area (Å²) in [4.78, 5) is 0. The molecule has 0 aliphatic carbocycles. The van der Waals surface area contributed by atoms with Gasteiger partial charge in [-0.2, -0.15) is 0 Å². The number of hydrogen-bond donors (Lipinski definition) is 2. The molecule has 0 spiro atoms. The first-order valence-electron chi connectivity index (χ1n) is 8.56. The second-order valence-electron chi connectivity index (χ2n) is 5.86. The van der Waals surface area contributed by atoms with Gasteiger partial charge in [-0.3, -0.25) is 0 Å². The van der Waals surface area contributed by atoms with Crippen LogP contribution in [0.2, 0.25) is 0 Å². The van der Waals surface area contributed by atoms with Crippen molar-refractivity contribution in [3.05, 3.63) is 0 Å². The molecule has 0 rings (SSSR count). The van der Waals surface area contributed by atoms with Crippen molar-refractivity contribution in [2.45, 2.75) is 90.4 Å². The molecule has 0 saturated heterocycles. The predicted molar refractivity (Wildman–Crippen MR) is 83.4 cm³/mol. The van der Waals surface area contributed by atoms with Gasteiger partial charge in [0, 0.05) is 13.2 Å². The molecule has 116 valence electrons. The summed E-state index contributed by atoms with van der Waals surface area (Å²) in [5.74, 6) is 0.902. The van der Waals surface area contributed by atoms with E-state index < -0.39 is 0 Å². The van der Waals surface area contributed by atoms with Gasteiger partial charge in [-0.05, 0) is 18.8 Å². The van der Waals surface area contributed by atoms with Crippen LogP contribution >= 0.6 is 0 Å². The largest absolute Gasteiger partial charge is 0.396 e. The first-order chi connectivity index (χ1) is 9.35. The van der Waals surface area contributed by atoms with Crippen molar-refractivity contribution in [1.82, 2.24) is 0 Å². The molecular formula is C17H36O2. The summed E-state index contributed by atoms with van der Waals surface area (Å²) in [5.41, 5.74) is 0. The van der Waals surface area contributed by atoms with Gasteiger partial charge in [0.1, 0.15) is 0 Å². The van der Waals surface area contributed by atoms with E-state index in [1.807, 2.05) is 0 Å². The Morgan fingerprint density at radius 2 is 1.00 bits per heavy atom. The molecule has 0 radical (unpaired) electrons. The van der Waals surface area contributed by atoms with Crippen molar-refractivity contribution in [3.63, 3.8) is 0 Å². The predicted octanol–water partition coefficient (Wildman–Crippen LogP) is 4.68. The number of unbranched alkanes of at least 4 members (excludes halogenated alkanes) is 7. The lowest BCUT2D eigenvalue weighted by atomic mass is 9.90. The van der Waals surface area contributed by atoms with Crippen molar-refractivity contribution < 1.29 is 10.2 Å². The molecular weight excluding hydrogens is 236 g/mol. The van der Waals surface area contributed by atoms with Crippen LogP contribution in [0.4, 0.5) is 0 Å².